The first kappa shape index (κ1) is 9.46. The van der Waals surface area contributed by atoms with Crippen LogP contribution in [-0.4, -0.2) is 16.7 Å². The topological polar surface area (TPSA) is 46.5 Å². The van der Waals surface area contributed by atoms with Crippen LogP contribution in [0.25, 0.3) is 5.57 Å². The van der Waals surface area contributed by atoms with Crippen molar-refractivity contribution >= 4 is 11.5 Å². The van der Waals surface area contributed by atoms with Gasteiger partial charge < -0.3 is 9.84 Å². The molecule has 0 atom stereocenters. The highest BCUT2D eigenvalue weighted by atomic mass is 16.6. The van der Waals surface area contributed by atoms with Gasteiger partial charge in [0.2, 0.25) is 0 Å². The molecule has 0 amide bonds. The van der Waals surface area contributed by atoms with Crippen LogP contribution in [0.15, 0.2) is 36.1 Å². The van der Waals surface area contributed by atoms with Crippen LogP contribution in [-0.2, 0) is 9.53 Å². The van der Waals surface area contributed by atoms with Crippen LogP contribution in [0.1, 0.15) is 24.8 Å². The number of esters is 1. The Morgan fingerprint density at radius 1 is 1.19 bits per heavy atom. The molecule has 1 aliphatic heterocycles. The largest absolute Gasteiger partial charge is 0.507 e. The minimum atomic E-state index is -0.692. The first-order valence-electron chi connectivity index (χ1n) is 5.45. The molecule has 1 spiro atoms. The SMILES string of the molecule is O=C1OC2(CCC2)C(O)=C1c1ccccc1. The van der Waals surface area contributed by atoms with Gasteiger partial charge in [-0.25, -0.2) is 4.79 Å². The fourth-order valence-electron chi connectivity index (χ4n) is 2.30. The van der Waals surface area contributed by atoms with E-state index in [1.165, 1.54) is 0 Å². The van der Waals surface area contributed by atoms with E-state index in [0.29, 0.717) is 5.57 Å². The summed E-state index contributed by atoms with van der Waals surface area (Å²) in [5.74, 6) is -0.279. The van der Waals surface area contributed by atoms with Crippen molar-refractivity contribution < 1.29 is 14.6 Å². The summed E-state index contributed by atoms with van der Waals surface area (Å²) in [5.41, 5.74) is 0.372. The van der Waals surface area contributed by atoms with E-state index in [1.807, 2.05) is 30.3 Å². The summed E-state index contributed by atoms with van der Waals surface area (Å²) >= 11 is 0. The Kier molecular flexibility index (Phi) is 1.84. The van der Waals surface area contributed by atoms with Crippen LogP contribution in [0.5, 0.6) is 0 Å². The van der Waals surface area contributed by atoms with Crippen molar-refractivity contribution in [3.63, 3.8) is 0 Å². The molecular weight excluding hydrogens is 204 g/mol. The highest BCUT2D eigenvalue weighted by molar-refractivity contribution is 6.19. The van der Waals surface area contributed by atoms with Crippen molar-refractivity contribution in [2.45, 2.75) is 24.9 Å². The highest BCUT2D eigenvalue weighted by Gasteiger charge is 2.52. The average Bonchev–Trinajstić information content (AvgIpc) is 2.51. The van der Waals surface area contributed by atoms with Gasteiger partial charge in [-0.15, -0.1) is 0 Å². The molecule has 0 unspecified atom stereocenters. The third kappa shape index (κ3) is 1.11. The Morgan fingerprint density at radius 2 is 1.88 bits per heavy atom. The Bertz CT molecular complexity index is 469. The standard InChI is InChI=1S/C13H12O3/c14-11-10(9-5-2-1-3-6-9)12(15)16-13(11)7-4-8-13/h1-3,5-6,14H,4,7-8H2. The van der Waals surface area contributed by atoms with E-state index in [9.17, 15) is 9.90 Å². The lowest BCUT2D eigenvalue weighted by molar-refractivity contribution is -0.154. The number of aliphatic hydroxyl groups is 1. The Balaban J connectivity index is 2.09. The monoisotopic (exact) mass is 216 g/mol. The molecule has 0 saturated heterocycles. The average molecular weight is 216 g/mol. The normalized spacial score (nSPS) is 22.1. The van der Waals surface area contributed by atoms with Crippen molar-refractivity contribution in [3.05, 3.63) is 41.7 Å². The number of hydrogen-bond donors (Lipinski definition) is 1. The second-order valence-corrected chi connectivity index (χ2v) is 4.33. The zero-order valence-electron chi connectivity index (χ0n) is 8.77. The van der Waals surface area contributed by atoms with Crippen molar-refractivity contribution in [2.75, 3.05) is 0 Å². The number of aliphatic hydroxyl groups excluding tert-OH is 1. The fraction of sp³-hybridized carbons (Fsp3) is 0.308. The van der Waals surface area contributed by atoms with Gasteiger partial charge in [-0.2, -0.15) is 0 Å². The molecule has 3 rings (SSSR count). The number of carbonyl (C=O) groups excluding carboxylic acids is 1. The maximum atomic E-state index is 11.8. The summed E-state index contributed by atoms with van der Waals surface area (Å²) in [6, 6.07) is 9.18. The van der Waals surface area contributed by atoms with Crippen LogP contribution < -0.4 is 0 Å². The molecule has 16 heavy (non-hydrogen) atoms. The minimum Gasteiger partial charge on any atom is -0.507 e. The molecule has 1 heterocycles. The van der Waals surface area contributed by atoms with E-state index in [1.54, 1.807) is 0 Å². The molecule has 3 nitrogen and oxygen atoms in total. The van der Waals surface area contributed by atoms with Gasteiger partial charge in [0.15, 0.2) is 11.4 Å². The number of carbonyl (C=O) groups is 1. The van der Waals surface area contributed by atoms with E-state index in [4.69, 9.17) is 4.74 Å². The summed E-state index contributed by atoms with van der Waals surface area (Å²) < 4.78 is 5.30. The molecule has 2 aliphatic rings. The lowest BCUT2D eigenvalue weighted by Gasteiger charge is -2.36. The third-order valence-electron chi connectivity index (χ3n) is 3.38. The smallest absolute Gasteiger partial charge is 0.343 e. The molecule has 0 radical (unpaired) electrons. The predicted octanol–water partition coefficient (Wildman–Crippen LogP) is 2.44. The highest BCUT2D eigenvalue weighted by Crippen LogP contribution is 2.48. The molecule has 1 aliphatic carbocycles. The van der Waals surface area contributed by atoms with Crippen LogP contribution in [0, 0.1) is 0 Å². The van der Waals surface area contributed by atoms with Crippen molar-refractivity contribution in [2.24, 2.45) is 0 Å². The van der Waals surface area contributed by atoms with Gasteiger partial charge in [-0.1, -0.05) is 30.3 Å². The molecule has 1 aromatic rings. The van der Waals surface area contributed by atoms with Crippen LogP contribution in [0.3, 0.4) is 0 Å². The lowest BCUT2D eigenvalue weighted by Crippen LogP contribution is -2.39. The van der Waals surface area contributed by atoms with E-state index in [-0.39, 0.29) is 5.76 Å². The summed E-state index contributed by atoms with van der Waals surface area (Å²) in [4.78, 5) is 11.8. The fourth-order valence-corrected chi connectivity index (χ4v) is 2.30. The van der Waals surface area contributed by atoms with Crippen LogP contribution >= 0.6 is 0 Å². The minimum absolute atomic E-state index is 0.120. The number of rotatable bonds is 1. The molecule has 82 valence electrons. The second kappa shape index (κ2) is 3.11. The van der Waals surface area contributed by atoms with E-state index < -0.39 is 11.6 Å². The zero-order valence-corrected chi connectivity index (χ0v) is 8.77. The van der Waals surface area contributed by atoms with Crippen molar-refractivity contribution in [1.82, 2.24) is 0 Å². The van der Waals surface area contributed by atoms with Gasteiger partial charge in [0, 0.05) is 0 Å². The van der Waals surface area contributed by atoms with Crippen LogP contribution in [0.4, 0.5) is 0 Å². The molecule has 1 saturated carbocycles. The van der Waals surface area contributed by atoms with Gasteiger partial charge in [-0.3, -0.25) is 0 Å². The third-order valence-corrected chi connectivity index (χ3v) is 3.38. The molecule has 1 fully saturated rings. The number of benzene rings is 1. The molecule has 0 bridgehead atoms. The number of hydrogen-bond acceptors (Lipinski definition) is 3. The first-order chi connectivity index (χ1) is 7.73. The van der Waals surface area contributed by atoms with Crippen molar-refractivity contribution in [1.29, 1.82) is 0 Å². The predicted molar refractivity (Wildman–Crippen MR) is 58.7 cm³/mol. The van der Waals surface area contributed by atoms with E-state index >= 15 is 0 Å². The van der Waals surface area contributed by atoms with E-state index in [0.717, 1.165) is 24.8 Å². The Labute approximate surface area is 93.4 Å². The second-order valence-electron chi connectivity index (χ2n) is 4.33. The van der Waals surface area contributed by atoms with Crippen LogP contribution in [0.2, 0.25) is 0 Å². The van der Waals surface area contributed by atoms with Gasteiger partial charge in [0.25, 0.3) is 0 Å². The summed E-state index contributed by atoms with van der Waals surface area (Å²) in [5, 5.41) is 10.1. The Hall–Kier alpha value is -1.77. The first-order valence-corrected chi connectivity index (χ1v) is 5.45. The van der Waals surface area contributed by atoms with Gasteiger partial charge in [0.05, 0.1) is 0 Å². The maximum absolute atomic E-state index is 11.8. The molecule has 0 aromatic heterocycles. The molecular formula is C13H12O3. The molecule has 1 aromatic carbocycles. The summed E-state index contributed by atoms with van der Waals surface area (Å²) in [6.07, 6.45) is 2.47. The van der Waals surface area contributed by atoms with E-state index in [2.05, 4.69) is 0 Å². The molecule has 3 heteroatoms. The summed E-state index contributed by atoms with van der Waals surface area (Å²) in [6.45, 7) is 0. The van der Waals surface area contributed by atoms with Gasteiger partial charge in [0.1, 0.15) is 5.57 Å². The lowest BCUT2D eigenvalue weighted by atomic mass is 9.78. The van der Waals surface area contributed by atoms with Crippen molar-refractivity contribution in [3.8, 4) is 0 Å². The Morgan fingerprint density at radius 3 is 2.38 bits per heavy atom. The molecule has 1 N–H and O–H groups in total. The summed E-state index contributed by atoms with van der Waals surface area (Å²) in [7, 11) is 0. The zero-order chi connectivity index (χ0) is 11.2. The maximum Gasteiger partial charge on any atom is 0.343 e. The quantitative estimate of drug-likeness (QED) is 0.733. The number of ether oxygens (including phenoxy) is 1. The van der Waals surface area contributed by atoms with Gasteiger partial charge >= 0.3 is 5.97 Å². The van der Waals surface area contributed by atoms with Gasteiger partial charge in [-0.05, 0) is 24.8 Å².